The van der Waals surface area contributed by atoms with Crippen LogP contribution in [0.15, 0.2) is 59.0 Å². The number of hydrogen-bond acceptors (Lipinski definition) is 5. The van der Waals surface area contributed by atoms with E-state index < -0.39 is 17.6 Å². The van der Waals surface area contributed by atoms with Crippen molar-refractivity contribution in [1.82, 2.24) is 0 Å². The second kappa shape index (κ2) is 9.11. The quantitative estimate of drug-likeness (QED) is 0.529. The van der Waals surface area contributed by atoms with Crippen molar-refractivity contribution in [3.05, 3.63) is 71.5 Å². The molecule has 33 heavy (non-hydrogen) atoms. The van der Waals surface area contributed by atoms with Crippen LogP contribution in [-0.2, 0) is 10.9 Å². The zero-order valence-electron chi connectivity index (χ0n) is 17.7. The molecule has 1 aliphatic heterocycles. The van der Waals surface area contributed by atoms with Crippen LogP contribution in [0.5, 0.6) is 0 Å². The number of furan rings is 1. The number of morpholine rings is 1. The Labute approximate surface area is 187 Å². The Morgan fingerprint density at radius 1 is 0.970 bits per heavy atom. The minimum atomic E-state index is -4.55. The molecule has 172 valence electrons. The maximum Gasteiger partial charge on any atom is 0.416 e. The van der Waals surface area contributed by atoms with Crippen molar-refractivity contribution >= 4 is 23.1 Å². The Kier molecular flexibility index (Phi) is 6.24. The zero-order chi connectivity index (χ0) is 23.6. The highest BCUT2D eigenvalue weighted by molar-refractivity contribution is 6.04. The van der Waals surface area contributed by atoms with Crippen LogP contribution in [0.1, 0.15) is 33.4 Å². The number of ketones is 1. The lowest BCUT2D eigenvalue weighted by Crippen LogP contribution is -2.36. The van der Waals surface area contributed by atoms with Crippen molar-refractivity contribution in [3.8, 4) is 11.3 Å². The third-order valence-corrected chi connectivity index (χ3v) is 5.33. The fraction of sp³-hybridized carbons (Fsp3) is 0.250. The van der Waals surface area contributed by atoms with Crippen molar-refractivity contribution in [1.29, 1.82) is 0 Å². The molecule has 0 atom stereocenters. The average Bonchev–Trinajstić information content (AvgIpc) is 3.30. The number of ether oxygens (including phenoxy) is 1. The molecule has 0 unspecified atom stereocenters. The summed E-state index contributed by atoms with van der Waals surface area (Å²) in [6.07, 6.45) is -4.55. The Morgan fingerprint density at radius 3 is 2.30 bits per heavy atom. The van der Waals surface area contributed by atoms with E-state index in [1.165, 1.54) is 19.1 Å². The highest BCUT2D eigenvalue weighted by Crippen LogP contribution is 2.36. The van der Waals surface area contributed by atoms with Gasteiger partial charge in [-0.05, 0) is 37.3 Å². The van der Waals surface area contributed by atoms with Crippen LogP contribution in [0, 0.1) is 0 Å². The maximum atomic E-state index is 13.3. The van der Waals surface area contributed by atoms with E-state index in [0.29, 0.717) is 48.9 Å². The number of benzene rings is 2. The highest BCUT2D eigenvalue weighted by atomic mass is 19.4. The van der Waals surface area contributed by atoms with Gasteiger partial charge in [0.15, 0.2) is 11.5 Å². The fourth-order valence-corrected chi connectivity index (χ4v) is 3.56. The molecule has 1 N–H and O–H groups in total. The first-order valence-corrected chi connectivity index (χ1v) is 10.3. The molecule has 9 heteroatoms. The van der Waals surface area contributed by atoms with Crippen LogP contribution in [0.2, 0.25) is 0 Å². The average molecular weight is 458 g/mol. The predicted molar refractivity (Wildman–Crippen MR) is 117 cm³/mol. The van der Waals surface area contributed by atoms with Gasteiger partial charge in [0.05, 0.1) is 30.2 Å². The molecular formula is C24H21F3N2O4. The molecule has 2 heterocycles. The van der Waals surface area contributed by atoms with E-state index in [2.05, 4.69) is 5.32 Å². The Morgan fingerprint density at radius 2 is 1.67 bits per heavy atom. The van der Waals surface area contributed by atoms with Gasteiger partial charge >= 0.3 is 6.18 Å². The molecule has 1 amide bonds. The zero-order valence-corrected chi connectivity index (χ0v) is 17.7. The number of rotatable bonds is 5. The summed E-state index contributed by atoms with van der Waals surface area (Å²) < 4.78 is 50.8. The van der Waals surface area contributed by atoms with Crippen molar-refractivity contribution in [2.75, 3.05) is 36.5 Å². The van der Waals surface area contributed by atoms with E-state index >= 15 is 0 Å². The smallest absolute Gasteiger partial charge is 0.416 e. The molecule has 3 aromatic rings. The maximum absolute atomic E-state index is 13.3. The van der Waals surface area contributed by atoms with Crippen molar-refractivity contribution < 1.29 is 31.9 Å². The summed E-state index contributed by atoms with van der Waals surface area (Å²) in [6.45, 7) is 3.34. The van der Waals surface area contributed by atoms with Gasteiger partial charge in [-0.25, -0.2) is 0 Å². The lowest BCUT2D eigenvalue weighted by molar-refractivity contribution is -0.137. The summed E-state index contributed by atoms with van der Waals surface area (Å²) in [6, 6.07) is 13.0. The van der Waals surface area contributed by atoms with Gasteiger partial charge in [0.2, 0.25) is 0 Å². The summed E-state index contributed by atoms with van der Waals surface area (Å²) in [5.41, 5.74) is 0.864. The monoisotopic (exact) mass is 458 g/mol. The normalized spacial score (nSPS) is 14.2. The molecule has 1 aromatic heterocycles. The minimum Gasteiger partial charge on any atom is -0.451 e. The molecule has 6 nitrogen and oxygen atoms in total. The van der Waals surface area contributed by atoms with E-state index in [-0.39, 0.29) is 17.2 Å². The van der Waals surface area contributed by atoms with E-state index in [0.717, 1.165) is 12.1 Å². The summed E-state index contributed by atoms with van der Waals surface area (Å²) in [5, 5.41) is 2.57. The number of carbonyl (C=O) groups is 2. The molecule has 0 radical (unpaired) electrons. The number of nitrogens with one attached hydrogen (secondary N) is 1. The van der Waals surface area contributed by atoms with Gasteiger partial charge in [-0.1, -0.05) is 24.3 Å². The first-order valence-electron chi connectivity index (χ1n) is 10.3. The number of amides is 1. The molecular weight excluding hydrogens is 437 g/mol. The molecule has 1 saturated heterocycles. The summed E-state index contributed by atoms with van der Waals surface area (Å²) in [5.74, 6) is -0.396. The van der Waals surface area contributed by atoms with Crippen LogP contribution < -0.4 is 10.2 Å². The summed E-state index contributed by atoms with van der Waals surface area (Å²) in [4.78, 5) is 26.1. The molecule has 1 aliphatic rings. The molecule has 0 saturated carbocycles. The van der Waals surface area contributed by atoms with Crippen LogP contribution in [-0.4, -0.2) is 38.0 Å². The number of hydrogen-bond donors (Lipinski definition) is 1. The largest absolute Gasteiger partial charge is 0.451 e. The van der Waals surface area contributed by atoms with Gasteiger partial charge in [-0.15, -0.1) is 0 Å². The number of nitrogens with zero attached hydrogens (tertiary/aromatic N) is 1. The Hall–Kier alpha value is -3.59. The van der Waals surface area contributed by atoms with Gasteiger partial charge in [-0.2, -0.15) is 13.2 Å². The van der Waals surface area contributed by atoms with E-state index in [1.807, 2.05) is 4.90 Å². The van der Waals surface area contributed by atoms with Crippen molar-refractivity contribution in [2.45, 2.75) is 13.1 Å². The van der Waals surface area contributed by atoms with Crippen molar-refractivity contribution in [2.24, 2.45) is 0 Å². The lowest BCUT2D eigenvalue weighted by atomic mass is 10.1. The first kappa shape index (κ1) is 22.6. The molecule has 0 spiro atoms. The number of carbonyl (C=O) groups excluding carboxylic acids is 2. The first-order chi connectivity index (χ1) is 15.7. The third-order valence-electron chi connectivity index (χ3n) is 5.33. The van der Waals surface area contributed by atoms with Gasteiger partial charge in [0.25, 0.3) is 5.91 Å². The standard InChI is InChI=1S/C24H21F3N2O4/c1-15(30)16-2-4-17(5-3-16)21-8-9-22(33-21)23(31)28-19-14-18(24(25,26)27)6-7-20(19)29-10-12-32-13-11-29/h2-9,14H,10-13H2,1H3,(H,28,31). The van der Waals surface area contributed by atoms with Crippen LogP contribution in [0.3, 0.4) is 0 Å². The van der Waals surface area contributed by atoms with E-state index in [9.17, 15) is 22.8 Å². The Balaban J connectivity index is 1.59. The molecule has 1 fully saturated rings. The van der Waals surface area contributed by atoms with Crippen molar-refractivity contribution in [3.63, 3.8) is 0 Å². The second-order valence-corrected chi connectivity index (χ2v) is 7.58. The predicted octanol–water partition coefficient (Wildman–Crippen LogP) is 5.26. The van der Waals surface area contributed by atoms with Gasteiger partial charge in [0, 0.05) is 24.2 Å². The van der Waals surface area contributed by atoms with Gasteiger partial charge in [0.1, 0.15) is 5.76 Å². The van der Waals surface area contributed by atoms with Gasteiger partial charge in [-0.3, -0.25) is 9.59 Å². The summed E-state index contributed by atoms with van der Waals surface area (Å²) in [7, 11) is 0. The lowest BCUT2D eigenvalue weighted by Gasteiger charge is -2.30. The molecule has 0 aliphatic carbocycles. The topological polar surface area (TPSA) is 71.8 Å². The third kappa shape index (κ3) is 5.09. The molecule has 4 rings (SSSR count). The number of Topliss-reactive ketones (excluding diaryl/α,β-unsaturated/α-hetero) is 1. The Bertz CT molecular complexity index is 1160. The van der Waals surface area contributed by atoms with Crippen LogP contribution in [0.4, 0.5) is 24.5 Å². The number of alkyl halides is 3. The van der Waals surface area contributed by atoms with E-state index in [4.69, 9.17) is 9.15 Å². The van der Waals surface area contributed by atoms with Gasteiger partial charge < -0.3 is 19.4 Å². The molecule has 2 aromatic carbocycles. The molecule has 0 bridgehead atoms. The minimum absolute atomic E-state index is 0.0421. The number of anilines is 2. The SMILES string of the molecule is CC(=O)c1ccc(-c2ccc(C(=O)Nc3cc(C(F)(F)F)ccc3N3CCOCC3)o2)cc1. The van der Waals surface area contributed by atoms with Crippen LogP contribution in [0.25, 0.3) is 11.3 Å². The van der Waals surface area contributed by atoms with Crippen LogP contribution >= 0.6 is 0 Å². The summed E-state index contributed by atoms with van der Waals surface area (Å²) >= 11 is 0. The highest BCUT2D eigenvalue weighted by Gasteiger charge is 2.32. The second-order valence-electron chi connectivity index (χ2n) is 7.58. The number of halogens is 3. The fourth-order valence-electron chi connectivity index (χ4n) is 3.56. The van der Waals surface area contributed by atoms with E-state index in [1.54, 1.807) is 30.3 Å².